The topological polar surface area (TPSA) is 53.6 Å². The molecular formula is C19H30ClN3O2. The number of para-hydroxylation sites is 1. The first-order chi connectivity index (χ1) is 11.7. The maximum absolute atomic E-state index is 12.2. The van der Waals surface area contributed by atoms with Crippen molar-refractivity contribution in [1.82, 2.24) is 15.5 Å². The van der Waals surface area contributed by atoms with Gasteiger partial charge in [0.25, 0.3) is 0 Å². The van der Waals surface area contributed by atoms with Crippen molar-refractivity contribution < 1.29 is 9.53 Å². The molecule has 0 bridgehead atoms. The number of hydrogen-bond donors (Lipinski definition) is 2. The van der Waals surface area contributed by atoms with Crippen molar-refractivity contribution in [2.24, 2.45) is 5.92 Å². The Balaban J connectivity index is 0.00000225. The summed E-state index contributed by atoms with van der Waals surface area (Å²) in [7, 11) is 2.01. The summed E-state index contributed by atoms with van der Waals surface area (Å²) >= 11 is 0. The first-order valence-corrected chi connectivity index (χ1v) is 9.13. The van der Waals surface area contributed by atoms with Crippen molar-refractivity contribution in [3.05, 3.63) is 29.8 Å². The number of likely N-dealkylation sites (tertiary alicyclic amines) is 1. The van der Waals surface area contributed by atoms with Crippen LogP contribution in [0.1, 0.15) is 24.8 Å². The molecule has 2 heterocycles. The Hall–Kier alpha value is -1.30. The fourth-order valence-electron chi connectivity index (χ4n) is 3.64. The van der Waals surface area contributed by atoms with Gasteiger partial charge in [0, 0.05) is 6.42 Å². The molecule has 6 heteroatoms. The minimum Gasteiger partial charge on any atom is -0.488 e. The molecule has 0 saturated carbocycles. The summed E-state index contributed by atoms with van der Waals surface area (Å²) in [5, 5.41) is 6.26. The average Bonchev–Trinajstić information content (AvgIpc) is 3.02. The number of nitrogens with zero attached hydrogens (tertiary/aromatic N) is 1. The van der Waals surface area contributed by atoms with Crippen LogP contribution in [0.5, 0.6) is 5.75 Å². The van der Waals surface area contributed by atoms with Gasteiger partial charge in [0.15, 0.2) is 0 Å². The first-order valence-electron chi connectivity index (χ1n) is 9.13. The molecule has 0 spiro atoms. The maximum atomic E-state index is 12.2. The number of nitrogens with one attached hydrogen (secondary N) is 2. The van der Waals surface area contributed by atoms with Gasteiger partial charge in [-0.3, -0.25) is 9.69 Å². The van der Waals surface area contributed by atoms with Crippen LogP contribution in [0, 0.1) is 5.92 Å². The lowest BCUT2D eigenvalue weighted by atomic mass is 9.93. The number of carbonyl (C=O) groups is 1. The molecule has 1 unspecified atom stereocenters. The van der Waals surface area contributed by atoms with E-state index >= 15 is 0 Å². The van der Waals surface area contributed by atoms with Crippen LogP contribution >= 0.6 is 12.4 Å². The van der Waals surface area contributed by atoms with Crippen molar-refractivity contribution >= 4 is 18.3 Å². The molecule has 1 atom stereocenters. The molecule has 2 aliphatic rings. The number of halogens is 1. The molecule has 3 rings (SSSR count). The van der Waals surface area contributed by atoms with Crippen LogP contribution in [0.4, 0.5) is 0 Å². The third-order valence-electron chi connectivity index (χ3n) is 5.12. The number of fused-ring (bicyclic) bond motifs is 1. The van der Waals surface area contributed by atoms with Gasteiger partial charge in [-0.15, -0.1) is 12.4 Å². The van der Waals surface area contributed by atoms with Gasteiger partial charge in [-0.1, -0.05) is 18.2 Å². The van der Waals surface area contributed by atoms with Crippen LogP contribution in [0.25, 0.3) is 0 Å². The Morgan fingerprint density at radius 2 is 2.04 bits per heavy atom. The molecule has 1 aromatic rings. The van der Waals surface area contributed by atoms with E-state index in [-0.39, 0.29) is 24.4 Å². The average molecular weight is 368 g/mol. The van der Waals surface area contributed by atoms with E-state index in [0.717, 1.165) is 37.7 Å². The quantitative estimate of drug-likeness (QED) is 0.772. The number of benzene rings is 1. The van der Waals surface area contributed by atoms with Crippen LogP contribution in [-0.2, 0) is 11.2 Å². The number of piperidine rings is 1. The van der Waals surface area contributed by atoms with Crippen LogP contribution in [0.2, 0.25) is 0 Å². The number of carbonyl (C=O) groups excluding carboxylic acids is 1. The lowest BCUT2D eigenvalue weighted by Gasteiger charge is -2.31. The van der Waals surface area contributed by atoms with Gasteiger partial charge >= 0.3 is 0 Å². The highest BCUT2D eigenvalue weighted by Crippen LogP contribution is 2.27. The van der Waals surface area contributed by atoms with E-state index < -0.39 is 0 Å². The van der Waals surface area contributed by atoms with Gasteiger partial charge in [0.05, 0.1) is 13.1 Å². The van der Waals surface area contributed by atoms with Crippen molar-refractivity contribution in [3.8, 4) is 5.75 Å². The normalized spacial score (nSPS) is 20.4. The molecular weight excluding hydrogens is 338 g/mol. The zero-order valence-corrected chi connectivity index (χ0v) is 15.8. The summed E-state index contributed by atoms with van der Waals surface area (Å²) in [5.74, 6) is 1.88. The summed E-state index contributed by atoms with van der Waals surface area (Å²) in [6, 6.07) is 8.11. The molecule has 2 N–H and O–H groups in total. The van der Waals surface area contributed by atoms with Crippen LogP contribution in [0.15, 0.2) is 24.3 Å². The summed E-state index contributed by atoms with van der Waals surface area (Å²) in [6.45, 7) is 4.26. The summed E-state index contributed by atoms with van der Waals surface area (Å²) in [5.41, 5.74) is 1.24. The van der Waals surface area contributed by atoms with Gasteiger partial charge in [0.2, 0.25) is 5.91 Å². The van der Waals surface area contributed by atoms with Crippen LogP contribution < -0.4 is 15.4 Å². The predicted octanol–water partition coefficient (Wildman–Crippen LogP) is 1.85. The van der Waals surface area contributed by atoms with E-state index in [1.54, 1.807) is 0 Å². The molecule has 0 aliphatic carbocycles. The molecule has 0 radical (unpaired) electrons. The molecule has 140 valence electrons. The van der Waals surface area contributed by atoms with E-state index in [1.165, 1.54) is 24.8 Å². The number of hydrogen-bond acceptors (Lipinski definition) is 4. The second kappa shape index (κ2) is 10.00. The monoisotopic (exact) mass is 367 g/mol. The highest BCUT2D eigenvalue weighted by Gasteiger charge is 2.24. The summed E-state index contributed by atoms with van der Waals surface area (Å²) in [6.07, 6.45) is 4.61. The van der Waals surface area contributed by atoms with E-state index in [2.05, 4.69) is 21.6 Å². The summed E-state index contributed by atoms with van der Waals surface area (Å²) in [4.78, 5) is 14.4. The van der Waals surface area contributed by atoms with E-state index in [1.807, 2.05) is 25.2 Å². The Labute approximate surface area is 156 Å². The van der Waals surface area contributed by atoms with E-state index in [4.69, 9.17) is 4.74 Å². The molecule has 2 aliphatic heterocycles. The minimum absolute atomic E-state index is 0. The number of ether oxygens (including phenoxy) is 1. The molecule has 5 nitrogen and oxygen atoms in total. The largest absolute Gasteiger partial charge is 0.488 e. The van der Waals surface area contributed by atoms with Crippen molar-refractivity contribution in [1.29, 1.82) is 0 Å². The third-order valence-corrected chi connectivity index (χ3v) is 5.12. The van der Waals surface area contributed by atoms with Crippen molar-refractivity contribution in [2.45, 2.75) is 31.8 Å². The van der Waals surface area contributed by atoms with Gasteiger partial charge in [-0.2, -0.15) is 0 Å². The molecule has 1 aromatic carbocycles. The highest BCUT2D eigenvalue weighted by molar-refractivity contribution is 5.85. The van der Waals surface area contributed by atoms with Gasteiger partial charge in [-0.05, 0) is 63.5 Å². The standard InChI is InChI=1S/C19H29N3O2.ClH/c1-20-9-6-15-7-10-22(11-8-15)14-19(23)21-13-17-12-16-4-2-3-5-18(16)24-17;/h2-5,15,17,20H,6-14H2,1H3,(H,21,23);1H. The smallest absolute Gasteiger partial charge is 0.234 e. The zero-order valence-electron chi connectivity index (χ0n) is 15.0. The van der Waals surface area contributed by atoms with E-state index in [0.29, 0.717) is 13.1 Å². The van der Waals surface area contributed by atoms with Crippen molar-refractivity contribution in [2.75, 3.05) is 39.8 Å². The minimum atomic E-state index is 0. The molecule has 1 amide bonds. The van der Waals surface area contributed by atoms with Crippen LogP contribution in [-0.4, -0.2) is 56.7 Å². The molecule has 0 aromatic heterocycles. The summed E-state index contributed by atoms with van der Waals surface area (Å²) < 4.78 is 5.86. The SMILES string of the molecule is CNCCC1CCN(CC(=O)NCC2Cc3ccccc3O2)CC1.Cl. The Bertz CT molecular complexity index is 522. The Kier molecular flexibility index (Phi) is 8.00. The lowest BCUT2D eigenvalue weighted by Crippen LogP contribution is -2.44. The second-order valence-electron chi connectivity index (χ2n) is 6.97. The van der Waals surface area contributed by atoms with Gasteiger partial charge < -0.3 is 15.4 Å². The van der Waals surface area contributed by atoms with Gasteiger partial charge in [-0.25, -0.2) is 0 Å². The number of rotatable bonds is 7. The maximum Gasteiger partial charge on any atom is 0.234 e. The predicted molar refractivity (Wildman–Crippen MR) is 103 cm³/mol. The van der Waals surface area contributed by atoms with Crippen LogP contribution in [0.3, 0.4) is 0 Å². The number of amides is 1. The Morgan fingerprint density at radius 3 is 2.76 bits per heavy atom. The third kappa shape index (κ3) is 5.87. The zero-order chi connectivity index (χ0) is 16.8. The fraction of sp³-hybridized carbons (Fsp3) is 0.632. The fourth-order valence-corrected chi connectivity index (χ4v) is 3.64. The first kappa shape index (κ1) is 20.0. The molecule has 25 heavy (non-hydrogen) atoms. The van der Waals surface area contributed by atoms with Crippen molar-refractivity contribution in [3.63, 3.8) is 0 Å². The molecule has 1 fully saturated rings. The van der Waals surface area contributed by atoms with Gasteiger partial charge in [0.1, 0.15) is 11.9 Å². The lowest BCUT2D eigenvalue weighted by molar-refractivity contribution is -0.122. The van der Waals surface area contributed by atoms with E-state index in [9.17, 15) is 4.79 Å². The highest BCUT2D eigenvalue weighted by atomic mass is 35.5. The Morgan fingerprint density at radius 1 is 1.28 bits per heavy atom. The molecule has 1 saturated heterocycles. The second-order valence-corrected chi connectivity index (χ2v) is 6.97.